The minimum absolute atomic E-state index is 0. The van der Waals surface area contributed by atoms with E-state index in [1.54, 1.807) is 0 Å². The fraction of sp³-hybridized carbons (Fsp3) is 0. The Bertz CT molecular complexity index is 6.00. The molecule has 0 rings (SSSR count). The Morgan fingerprint density at radius 1 is 0.750 bits per heavy atom. The standard InChI is InChI=1S/Mg.Ni.2O/q2*+2;2*-2. The third-order valence-electron chi connectivity index (χ3n) is 0. The molecule has 0 N–H and O–H groups in total. The number of hydrogen-bond acceptors (Lipinski definition) is 0. The Morgan fingerprint density at radius 2 is 0.750 bits per heavy atom. The zero-order chi connectivity index (χ0) is 0. The van der Waals surface area contributed by atoms with Crippen molar-refractivity contribution < 1.29 is 27.4 Å². The summed E-state index contributed by atoms with van der Waals surface area (Å²) in [5.74, 6) is 0. The van der Waals surface area contributed by atoms with Gasteiger partial charge >= 0.3 is 39.5 Å². The SMILES string of the molecule is [Mg+2].[Ni+2].[O-2].[O-2]. The van der Waals surface area contributed by atoms with Gasteiger partial charge in [0.25, 0.3) is 0 Å². The second-order valence-electron chi connectivity index (χ2n) is 0. The van der Waals surface area contributed by atoms with E-state index < -0.39 is 0 Å². The Hall–Kier alpha value is 1.18. The molecule has 0 spiro atoms. The summed E-state index contributed by atoms with van der Waals surface area (Å²) in [7, 11) is 0. The summed E-state index contributed by atoms with van der Waals surface area (Å²) in [6.07, 6.45) is 0. The number of rotatable bonds is 0. The van der Waals surface area contributed by atoms with E-state index in [2.05, 4.69) is 0 Å². The normalized spacial score (nSPS) is 0. The van der Waals surface area contributed by atoms with Crippen molar-refractivity contribution >= 4 is 23.1 Å². The van der Waals surface area contributed by atoms with Crippen LogP contribution in [0.3, 0.4) is 0 Å². The Labute approximate surface area is 50.6 Å². The molecule has 4 heteroatoms. The summed E-state index contributed by atoms with van der Waals surface area (Å²) in [5, 5.41) is 0. The quantitative estimate of drug-likeness (QED) is 0.378. The van der Waals surface area contributed by atoms with E-state index in [0.717, 1.165) is 0 Å². The van der Waals surface area contributed by atoms with Crippen LogP contribution in [0.2, 0.25) is 0 Å². The van der Waals surface area contributed by atoms with Crippen LogP contribution in [-0.4, -0.2) is 23.1 Å². The van der Waals surface area contributed by atoms with Crippen molar-refractivity contribution in [1.29, 1.82) is 0 Å². The summed E-state index contributed by atoms with van der Waals surface area (Å²) >= 11 is 0. The Kier molecular flexibility index (Phi) is 494. The van der Waals surface area contributed by atoms with E-state index in [0.29, 0.717) is 0 Å². The topological polar surface area (TPSA) is 57.0 Å². The van der Waals surface area contributed by atoms with Gasteiger partial charge in [0.1, 0.15) is 0 Å². The molecular formula is MgNiO2. The van der Waals surface area contributed by atoms with Crippen LogP contribution in [-0.2, 0) is 27.4 Å². The first-order valence-corrected chi connectivity index (χ1v) is 0. The molecule has 0 atom stereocenters. The minimum atomic E-state index is 0. The summed E-state index contributed by atoms with van der Waals surface area (Å²) in [5.41, 5.74) is 0. The van der Waals surface area contributed by atoms with Crippen LogP contribution in [0.4, 0.5) is 0 Å². The molecule has 0 unspecified atom stereocenters. The van der Waals surface area contributed by atoms with E-state index in [-0.39, 0.29) is 50.5 Å². The second-order valence-corrected chi connectivity index (χ2v) is 0. The third-order valence-corrected chi connectivity index (χ3v) is 0. The fourth-order valence-electron chi connectivity index (χ4n) is 0. The molecule has 0 saturated carbocycles. The summed E-state index contributed by atoms with van der Waals surface area (Å²) in [6, 6.07) is 0. The zero-order valence-corrected chi connectivity index (χ0v) is 4.24. The van der Waals surface area contributed by atoms with Crippen LogP contribution < -0.4 is 0 Å². The molecule has 2 nitrogen and oxygen atoms in total. The van der Waals surface area contributed by atoms with Crippen LogP contribution in [0.15, 0.2) is 0 Å². The molecule has 0 aliphatic carbocycles. The molecule has 0 aliphatic rings. The monoisotopic (exact) mass is 114 g/mol. The maximum absolute atomic E-state index is 0. The molecule has 0 amide bonds. The second kappa shape index (κ2) is 30.4. The molecule has 0 aromatic carbocycles. The van der Waals surface area contributed by atoms with Crippen LogP contribution in [0.1, 0.15) is 0 Å². The minimum Gasteiger partial charge on any atom is -2.00 e. The van der Waals surface area contributed by atoms with E-state index in [4.69, 9.17) is 0 Å². The number of hydrogen-bond donors (Lipinski definition) is 0. The summed E-state index contributed by atoms with van der Waals surface area (Å²) in [6.45, 7) is 0. The molecule has 24 valence electrons. The molecule has 0 saturated heterocycles. The van der Waals surface area contributed by atoms with Gasteiger partial charge in [-0.2, -0.15) is 0 Å². The summed E-state index contributed by atoms with van der Waals surface area (Å²) in [4.78, 5) is 0. The average Bonchev–Trinajstić information content (AvgIpc) is 0. The van der Waals surface area contributed by atoms with Gasteiger partial charge in [0.05, 0.1) is 0 Å². The predicted molar refractivity (Wildman–Crippen MR) is 7.13 cm³/mol. The van der Waals surface area contributed by atoms with Gasteiger partial charge < -0.3 is 11.0 Å². The van der Waals surface area contributed by atoms with Gasteiger partial charge in [-0.15, -0.1) is 0 Å². The van der Waals surface area contributed by atoms with Crippen molar-refractivity contribution in [2.24, 2.45) is 0 Å². The van der Waals surface area contributed by atoms with Gasteiger partial charge in [0.15, 0.2) is 0 Å². The first kappa shape index (κ1) is 65.0. The van der Waals surface area contributed by atoms with Gasteiger partial charge in [-0.25, -0.2) is 0 Å². The maximum Gasteiger partial charge on any atom is 2.00 e. The van der Waals surface area contributed by atoms with Crippen LogP contribution >= 0.6 is 0 Å². The van der Waals surface area contributed by atoms with Crippen LogP contribution in [0.5, 0.6) is 0 Å². The first-order valence-electron chi connectivity index (χ1n) is 0. The molecule has 0 radical (unpaired) electrons. The van der Waals surface area contributed by atoms with Crippen molar-refractivity contribution in [2.45, 2.75) is 0 Å². The molecule has 0 heterocycles. The van der Waals surface area contributed by atoms with E-state index in [9.17, 15) is 0 Å². The van der Waals surface area contributed by atoms with Crippen LogP contribution in [0.25, 0.3) is 0 Å². The largest absolute Gasteiger partial charge is 2.00 e. The Morgan fingerprint density at radius 3 is 0.750 bits per heavy atom. The van der Waals surface area contributed by atoms with Gasteiger partial charge in [-0.05, 0) is 0 Å². The molecule has 4 heavy (non-hydrogen) atoms. The predicted octanol–water partition coefficient (Wildman–Crippen LogP) is -0.621. The molecule has 0 bridgehead atoms. The van der Waals surface area contributed by atoms with Crippen molar-refractivity contribution in [3.8, 4) is 0 Å². The van der Waals surface area contributed by atoms with Gasteiger partial charge in [-0.1, -0.05) is 0 Å². The average molecular weight is 115 g/mol. The molecular weight excluding hydrogens is 115 g/mol. The van der Waals surface area contributed by atoms with Crippen molar-refractivity contribution in [1.82, 2.24) is 0 Å². The third kappa shape index (κ3) is 10.9. The van der Waals surface area contributed by atoms with Crippen molar-refractivity contribution in [3.05, 3.63) is 0 Å². The first-order chi connectivity index (χ1) is 0. The smallest absolute Gasteiger partial charge is 2.00 e. The molecule has 0 aromatic heterocycles. The Balaban J connectivity index is 0. The molecule has 0 fully saturated rings. The maximum atomic E-state index is 0. The molecule has 0 aromatic rings. The van der Waals surface area contributed by atoms with Crippen LogP contribution in [0, 0.1) is 0 Å². The fourth-order valence-corrected chi connectivity index (χ4v) is 0. The van der Waals surface area contributed by atoms with E-state index in [1.165, 1.54) is 0 Å². The van der Waals surface area contributed by atoms with E-state index >= 15 is 0 Å². The van der Waals surface area contributed by atoms with Gasteiger partial charge in [0.2, 0.25) is 0 Å². The van der Waals surface area contributed by atoms with Gasteiger partial charge in [0, 0.05) is 0 Å². The van der Waals surface area contributed by atoms with Crippen molar-refractivity contribution in [3.63, 3.8) is 0 Å². The van der Waals surface area contributed by atoms with Crippen molar-refractivity contribution in [2.75, 3.05) is 0 Å². The summed E-state index contributed by atoms with van der Waals surface area (Å²) < 4.78 is 0. The van der Waals surface area contributed by atoms with E-state index in [1.807, 2.05) is 0 Å². The zero-order valence-electron chi connectivity index (χ0n) is 1.84. The molecule has 0 aliphatic heterocycles. The van der Waals surface area contributed by atoms with Gasteiger partial charge in [-0.3, -0.25) is 0 Å².